The number of amides is 1. The van der Waals surface area contributed by atoms with E-state index < -0.39 is 5.91 Å². The molecule has 0 bridgehead atoms. The van der Waals surface area contributed by atoms with Crippen LogP contribution in [0.4, 0.5) is 5.69 Å². The molecule has 1 N–H and O–H groups in total. The first-order chi connectivity index (χ1) is 11.1. The summed E-state index contributed by atoms with van der Waals surface area (Å²) >= 11 is 3.30. The maximum atomic E-state index is 12.3. The van der Waals surface area contributed by atoms with Crippen LogP contribution in [-0.4, -0.2) is 13.0 Å². The molecule has 0 fully saturated rings. The lowest BCUT2D eigenvalue weighted by Crippen LogP contribution is -2.15. The van der Waals surface area contributed by atoms with Crippen LogP contribution < -0.4 is 15.5 Å². The van der Waals surface area contributed by atoms with Gasteiger partial charge in [-0.15, -0.1) is 0 Å². The van der Waals surface area contributed by atoms with Gasteiger partial charge >= 0.3 is 0 Å². The maximum absolute atomic E-state index is 12.3. The molecule has 0 aliphatic rings. The van der Waals surface area contributed by atoms with Crippen LogP contribution in [0.1, 0.15) is 10.6 Å². The summed E-state index contributed by atoms with van der Waals surface area (Å²) in [7, 11) is 1.51. The number of benzene rings is 2. The molecule has 6 heteroatoms. The van der Waals surface area contributed by atoms with Gasteiger partial charge < -0.3 is 14.5 Å². The van der Waals surface area contributed by atoms with Crippen molar-refractivity contribution >= 4 is 38.5 Å². The standard InChI is InChI=1S/C17H12BrNO4/c1-22-15-5-3-2-4-12(15)19-17(21)16-9-13(20)11-8-10(18)6-7-14(11)23-16/h2-9H,1H3,(H,19,21). The van der Waals surface area contributed by atoms with Gasteiger partial charge in [-0.3, -0.25) is 9.59 Å². The molecule has 3 rings (SSSR count). The second-order valence-electron chi connectivity index (χ2n) is 4.77. The van der Waals surface area contributed by atoms with E-state index in [0.29, 0.717) is 22.4 Å². The van der Waals surface area contributed by atoms with Crippen LogP contribution in [0.5, 0.6) is 5.75 Å². The van der Waals surface area contributed by atoms with Crippen molar-refractivity contribution in [2.45, 2.75) is 0 Å². The highest BCUT2D eigenvalue weighted by Gasteiger charge is 2.14. The van der Waals surface area contributed by atoms with Crippen molar-refractivity contribution in [3.63, 3.8) is 0 Å². The first-order valence-corrected chi connectivity index (χ1v) is 7.55. The lowest BCUT2D eigenvalue weighted by atomic mass is 10.2. The zero-order chi connectivity index (χ0) is 16.4. The zero-order valence-electron chi connectivity index (χ0n) is 12.1. The van der Waals surface area contributed by atoms with Crippen molar-refractivity contribution in [2.75, 3.05) is 12.4 Å². The van der Waals surface area contributed by atoms with Gasteiger partial charge in [0.1, 0.15) is 11.3 Å². The summed E-state index contributed by atoms with van der Waals surface area (Å²) in [5.74, 6) is -0.0555. The van der Waals surface area contributed by atoms with Crippen molar-refractivity contribution < 1.29 is 13.9 Å². The highest BCUT2D eigenvalue weighted by Crippen LogP contribution is 2.24. The second kappa shape index (κ2) is 6.26. The highest BCUT2D eigenvalue weighted by molar-refractivity contribution is 9.10. The number of ether oxygens (including phenoxy) is 1. The summed E-state index contributed by atoms with van der Waals surface area (Å²) in [5, 5.41) is 3.09. The molecule has 0 aliphatic carbocycles. The fourth-order valence-electron chi connectivity index (χ4n) is 2.17. The second-order valence-corrected chi connectivity index (χ2v) is 5.69. The molecular weight excluding hydrogens is 362 g/mol. The van der Waals surface area contributed by atoms with Crippen molar-refractivity contribution in [1.82, 2.24) is 0 Å². The average Bonchev–Trinajstić information content (AvgIpc) is 2.55. The molecule has 5 nitrogen and oxygen atoms in total. The van der Waals surface area contributed by atoms with Crippen LogP contribution in [0.2, 0.25) is 0 Å². The molecule has 0 saturated heterocycles. The molecule has 2 aromatic carbocycles. The molecule has 1 amide bonds. The molecule has 0 unspecified atom stereocenters. The Morgan fingerprint density at radius 2 is 1.96 bits per heavy atom. The summed E-state index contributed by atoms with van der Waals surface area (Å²) in [6.07, 6.45) is 0. The molecule has 0 atom stereocenters. The van der Waals surface area contributed by atoms with Gasteiger partial charge in [0.2, 0.25) is 0 Å². The van der Waals surface area contributed by atoms with Crippen LogP contribution in [0.25, 0.3) is 11.0 Å². The van der Waals surface area contributed by atoms with E-state index in [2.05, 4.69) is 21.2 Å². The number of fused-ring (bicyclic) bond motifs is 1. The van der Waals surface area contributed by atoms with Gasteiger partial charge in [0.25, 0.3) is 5.91 Å². The topological polar surface area (TPSA) is 68.5 Å². The largest absolute Gasteiger partial charge is 0.495 e. The number of nitrogens with one attached hydrogen (secondary N) is 1. The van der Waals surface area contributed by atoms with E-state index in [1.807, 2.05) is 0 Å². The monoisotopic (exact) mass is 373 g/mol. The molecule has 0 spiro atoms. The summed E-state index contributed by atoms with van der Waals surface area (Å²) < 4.78 is 11.5. The number of hydrogen-bond acceptors (Lipinski definition) is 4. The Kier molecular flexibility index (Phi) is 4.16. The lowest BCUT2D eigenvalue weighted by Gasteiger charge is -2.09. The van der Waals surface area contributed by atoms with Gasteiger partial charge in [-0.25, -0.2) is 0 Å². The number of rotatable bonds is 3. The summed E-state index contributed by atoms with van der Waals surface area (Å²) in [6.45, 7) is 0. The van der Waals surface area contributed by atoms with E-state index in [1.165, 1.54) is 13.2 Å². The molecule has 1 heterocycles. The van der Waals surface area contributed by atoms with Crippen molar-refractivity contribution in [1.29, 1.82) is 0 Å². The Morgan fingerprint density at radius 3 is 2.74 bits per heavy atom. The minimum Gasteiger partial charge on any atom is -0.495 e. The Labute approximate surface area is 140 Å². The van der Waals surface area contributed by atoms with E-state index in [1.54, 1.807) is 42.5 Å². The summed E-state index contributed by atoms with van der Waals surface area (Å²) in [5.41, 5.74) is 0.571. The van der Waals surface area contributed by atoms with Crippen LogP contribution in [0, 0.1) is 0 Å². The quantitative estimate of drug-likeness (QED) is 0.757. The smallest absolute Gasteiger partial charge is 0.291 e. The Hall–Kier alpha value is -2.60. The summed E-state index contributed by atoms with van der Waals surface area (Å²) in [6, 6.07) is 13.2. The lowest BCUT2D eigenvalue weighted by molar-refractivity contribution is 0.0997. The van der Waals surface area contributed by atoms with Gasteiger partial charge in [0.05, 0.1) is 18.2 Å². The third-order valence-electron chi connectivity index (χ3n) is 3.27. The van der Waals surface area contributed by atoms with E-state index in [9.17, 15) is 9.59 Å². The number of halogens is 1. The molecule has 23 heavy (non-hydrogen) atoms. The molecule has 0 radical (unpaired) electrons. The van der Waals surface area contributed by atoms with Crippen molar-refractivity contribution in [2.24, 2.45) is 0 Å². The van der Waals surface area contributed by atoms with Gasteiger partial charge in [-0.05, 0) is 30.3 Å². The van der Waals surface area contributed by atoms with E-state index in [-0.39, 0.29) is 11.2 Å². The normalized spacial score (nSPS) is 10.5. The average molecular weight is 374 g/mol. The zero-order valence-corrected chi connectivity index (χ0v) is 13.7. The third kappa shape index (κ3) is 3.12. The molecule has 0 saturated carbocycles. The van der Waals surface area contributed by atoms with Gasteiger partial charge in [-0.1, -0.05) is 28.1 Å². The fourth-order valence-corrected chi connectivity index (χ4v) is 2.53. The number of hydrogen-bond donors (Lipinski definition) is 1. The number of para-hydroxylation sites is 2. The molecule has 3 aromatic rings. The van der Waals surface area contributed by atoms with E-state index in [4.69, 9.17) is 9.15 Å². The van der Waals surface area contributed by atoms with Crippen LogP contribution in [0.15, 0.2) is 62.2 Å². The Balaban J connectivity index is 1.98. The van der Waals surface area contributed by atoms with Crippen molar-refractivity contribution in [3.8, 4) is 5.75 Å². The van der Waals surface area contributed by atoms with Gasteiger partial charge in [-0.2, -0.15) is 0 Å². The predicted molar refractivity (Wildman–Crippen MR) is 91.1 cm³/mol. The highest BCUT2D eigenvalue weighted by atomic mass is 79.9. The third-order valence-corrected chi connectivity index (χ3v) is 3.76. The van der Waals surface area contributed by atoms with Gasteiger partial charge in [0.15, 0.2) is 11.2 Å². The van der Waals surface area contributed by atoms with Crippen LogP contribution in [0.3, 0.4) is 0 Å². The van der Waals surface area contributed by atoms with E-state index in [0.717, 1.165) is 4.47 Å². The predicted octanol–water partition coefficient (Wildman–Crippen LogP) is 3.82. The SMILES string of the molecule is COc1ccccc1NC(=O)c1cc(=O)c2cc(Br)ccc2o1. The molecule has 0 aliphatic heterocycles. The number of carbonyl (C=O) groups excluding carboxylic acids is 1. The number of anilines is 1. The fraction of sp³-hybridized carbons (Fsp3) is 0.0588. The first-order valence-electron chi connectivity index (χ1n) is 6.76. The number of carbonyl (C=O) groups is 1. The Bertz CT molecular complexity index is 949. The maximum Gasteiger partial charge on any atom is 0.291 e. The Morgan fingerprint density at radius 1 is 1.17 bits per heavy atom. The van der Waals surface area contributed by atoms with Crippen LogP contribution in [-0.2, 0) is 0 Å². The van der Waals surface area contributed by atoms with Crippen LogP contribution >= 0.6 is 15.9 Å². The number of methoxy groups -OCH3 is 1. The van der Waals surface area contributed by atoms with Crippen molar-refractivity contribution in [3.05, 3.63) is 69.0 Å². The minimum absolute atomic E-state index is 0.0595. The van der Waals surface area contributed by atoms with Gasteiger partial charge in [0, 0.05) is 10.5 Å². The molecule has 116 valence electrons. The summed E-state index contributed by atoms with van der Waals surface area (Å²) in [4.78, 5) is 24.5. The van der Waals surface area contributed by atoms with E-state index >= 15 is 0 Å². The molecular formula is C17H12BrNO4. The molecule has 1 aromatic heterocycles. The first kappa shape index (κ1) is 15.3. The minimum atomic E-state index is -0.517.